The Balaban J connectivity index is 1.97. The standard InChI is InChI=1S/C19H27NO3/c1-21-15-12-13-7-10-20-11-8-14-6-4-5-9-19(14,20)16(13)18(23-3)17(15)22-2/h12,14H,4-11H2,1-3H3. The van der Waals surface area contributed by atoms with Gasteiger partial charge in [-0.2, -0.15) is 0 Å². The van der Waals surface area contributed by atoms with Crippen LogP contribution in [0.2, 0.25) is 0 Å². The van der Waals surface area contributed by atoms with Crippen LogP contribution in [-0.2, 0) is 12.0 Å². The number of benzene rings is 1. The van der Waals surface area contributed by atoms with Gasteiger partial charge in [0.1, 0.15) is 0 Å². The fourth-order valence-corrected chi connectivity index (χ4v) is 5.47. The normalized spacial score (nSPS) is 29.4. The number of rotatable bonds is 3. The van der Waals surface area contributed by atoms with Gasteiger partial charge in [-0.3, -0.25) is 4.90 Å². The van der Waals surface area contributed by atoms with Crippen LogP contribution in [0.25, 0.3) is 0 Å². The first kappa shape index (κ1) is 15.1. The number of nitrogens with zero attached hydrogens (tertiary/aromatic N) is 1. The Morgan fingerprint density at radius 1 is 1.00 bits per heavy atom. The summed E-state index contributed by atoms with van der Waals surface area (Å²) in [5.41, 5.74) is 2.95. The van der Waals surface area contributed by atoms with Crippen molar-refractivity contribution in [1.82, 2.24) is 4.90 Å². The van der Waals surface area contributed by atoms with Crippen molar-refractivity contribution in [1.29, 1.82) is 0 Å². The Kier molecular flexibility index (Phi) is 3.67. The molecule has 4 heteroatoms. The molecule has 0 amide bonds. The highest BCUT2D eigenvalue weighted by molar-refractivity contribution is 5.62. The molecule has 2 heterocycles. The number of methoxy groups -OCH3 is 3. The quantitative estimate of drug-likeness (QED) is 0.855. The minimum absolute atomic E-state index is 0.163. The Morgan fingerprint density at radius 3 is 2.57 bits per heavy atom. The largest absolute Gasteiger partial charge is 0.493 e. The third kappa shape index (κ3) is 1.94. The van der Waals surface area contributed by atoms with Crippen molar-refractivity contribution in [2.45, 2.75) is 44.1 Å². The van der Waals surface area contributed by atoms with Crippen LogP contribution < -0.4 is 14.2 Å². The molecular formula is C19H27NO3. The molecule has 1 saturated heterocycles. The summed E-state index contributed by atoms with van der Waals surface area (Å²) in [6.07, 6.45) is 7.65. The summed E-state index contributed by atoms with van der Waals surface area (Å²) in [5, 5.41) is 0. The number of hydrogen-bond donors (Lipinski definition) is 0. The van der Waals surface area contributed by atoms with Gasteiger partial charge in [0.2, 0.25) is 5.75 Å². The van der Waals surface area contributed by atoms with E-state index in [9.17, 15) is 0 Å². The van der Waals surface area contributed by atoms with Crippen LogP contribution in [0.4, 0.5) is 0 Å². The molecule has 0 radical (unpaired) electrons. The SMILES string of the molecule is COc1cc2c(c(OC)c1OC)C13CCCCC1CCN3CC2. The van der Waals surface area contributed by atoms with Gasteiger partial charge in [-0.15, -0.1) is 0 Å². The van der Waals surface area contributed by atoms with Crippen molar-refractivity contribution in [3.05, 3.63) is 17.2 Å². The summed E-state index contributed by atoms with van der Waals surface area (Å²) >= 11 is 0. The van der Waals surface area contributed by atoms with Crippen molar-refractivity contribution in [2.24, 2.45) is 5.92 Å². The molecule has 3 aliphatic rings. The second kappa shape index (κ2) is 5.59. The molecule has 1 aliphatic carbocycles. The molecule has 4 nitrogen and oxygen atoms in total. The summed E-state index contributed by atoms with van der Waals surface area (Å²) in [5.74, 6) is 3.20. The Morgan fingerprint density at radius 2 is 1.83 bits per heavy atom. The van der Waals surface area contributed by atoms with E-state index in [4.69, 9.17) is 14.2 Å². The van der Waals surface area contributed by atoms with E-state index in [0.29, 0.717) is 0 Å². The fourth-order valence-electron chi connectivity index (χ4n) is 5.47. The Hall–Kier alpha value is -1.42. The number of fused-ring (bicyclic) bond motifs is 1. The molecule has 1 aromatic carbocycles. The summed E-state index contributed by atoms with van der Waals surface area (Å²) in [6.45, 7) is 2.38. The zero-order valence-corrected chi connectivity index (χ0v) is 14.5. The highest BCUT2D eigenvalue weighted by Gasteiger charge is 2.54. The van der Waals surface area contributed by atoms with Gasteiger partial charge in [-0.05, 0) is 49.8 Å². The molecule has 4 rings (SSSR count). The average molecular weight is 317 g/mol. The topological polar surface area (TPSA) is 30.9 Å². The van der Waals surface area contributed by atoms with Crippen LogP contribution in [0.15, 0.2) is 6.07 Å². The van der Waals surface area contributed by atoms with Crippen molar-refractivity contribution < 1.29 is 14.2 Å². The first-order chi connectivity index (χ1) is 11.3. The van der Waals surface area contributed by atoms with Crippen molar-refractivity contribution in [3.63, 3.8) is 0 Å². The second-order valence-electron chi connectivity index (χ2n) is 7.07. The molecule has 23 heavy (non-hydrogen) atoms. The highest BCUT2D eigenvalue weighted by atomic mass is 16.5. The highest BCUT2D eigenvalue weighted by Crippen LogP contribution is 2.59. The first-order valence-corrected chi connectivity index (χ1v) is 8.83. The molecular weight excluding hydrogens is 290 g/mol. The maximum absolute atomic E-state index is 5.90. The summed E-state index contributed by atoms with van der Waals surface area (Å²) < 4.78 is 17.1. The molecule has 0 bridgehead atoms. The molecule has 1 saturated carbocycles. The lowest BCUT2D eigenvalue weighted by molar-refractivity contribution is 0.0471. The maximum Gasteiger partial charge on any atom is 0.203 e. The average Bonchev–Trinajstić information content (AvgIpc) is 2.99. The van der Waals surface area contributed by atoms with Gasteiger partial charge in [-0.25, -0.2) is 0 Å². The van der Waals surface area contributed by atoms with Gasteiger partial charge in [0.05, 0.1) is 26.9 Å². The van der Waals surface area contributed by atoms with E-state index in [1.165, 1.54) is 49.8 Å². The summed E-state index contributed by atoms with van der Waals surface area (Å²) in [6, 6.07) is 2.19. The lowest BCUT2D eigenvalue weighted by atomic mass is 9.66. The monoisotopic (exact) mass is 317 g/mol. The molecule has 2 fully saturated rings. The maximum atomic E-state index is 5.90. The molecule has 1 aromatic rings. The number of hydrogen-bond acceptors (Lipinski definition) is 4. The third-order valence-corrected chi connectivity index (χ3v) is 6.34. The van der Waals surface area contributed by atoms with Gasteiger partial charge in [0.15, 0.2) is 11.5 Å². The van der Waals surface area contributed by atoms with E-state index in [-0.39, 0.29) is 5.54 Å². The smallest absolute Gasteiger partial charge is 0.203 e. The van der Waals surface area contributed by atoms with E-state index < -0.39 is 0 Å². The van der Waals surface area contributed by atoms with Crippen LogP contribution in [0, 0.1) is 5.92 Å². The molecule has 2 aliphatic heterocycles. The van der Waals surface area contributed by atoms with Crippen molar-refractivity contribution in [2.75, 3.05) is 34.4 Å². The van der Waals surface area contributed by atoms with Gasteiger partial charge < -0.3 is 14.2 Å². The predicted octanol–water partition coefficient (Wildman–Crippen LogP) is 3.36. The zero-order chi connectivity index (χ0) is 16.0. The molecule has 2 unspecified atom stereocenters. The molecule has 126 valence electrons. The van der Waals surface area contributed by atoms with Gasteiger partial charge in [0.25, 0.3) is 0 Å². The lowest BCUT2D eigenvalue weighted by Gasteiger charge is -2.50. The molecule has 2 atom stereocenters. The van der Waals surface area contributed by atoms with E-state index in [2.05, 4.69) is 11.0 Å². The van der Waals surface area contributed by atoms with Crippen LogP contribution in [0.3, 0.4) is 0 Å². The van der Waals surface area contributed by atoms with Crippen LogP contribution in [0.1, 0.15) is 43.2 Å². The molecule has 0 N–H and O–H groups in total. The van der Waals surface area contributed by atoms with E-state index in [0.717, 1.165) is 36.1 Å². The van der Waals surface area contributed by atoms with Crippen LogP contribution >= 0.6 is 0 Å². The summed E-state index contributed by atoms with van der Waals surface area (Å²) in [7, 11) is 5.17. The van der Waals surface area contributed by atoms with E-state index >= 15 is 0 Å². The number of ether oxygens (including phenoxy) is 3. The second-order valence-corrected chi connectivity index (χ2v) is 7.07. The lowest BCUT2D eigenvalue weighted by Crippen LogP contribution is -2.51. The van der Waals surface area contributed by atoms with Gasteiger partial charge in [-0.1, -0.05) is 12.8 Å². The fraction of sp³-hybridized carbons (Fsp3) is 0.684. The van der Waals surface area contributed by atoms with Gasteiger partial charge >= 0.3 is 0 Å². The molecule has 0 aromatic heterocycles. The molecule has 1 spiro atoms. The van der Waals surface area contributed by atoms with Crippen LogP contribution in [-0.4, -0.2) is 39.3 Å². The Labute approximate surface area is 138 Å². The minimum atomic E-state index is 0.163. The van der Waals surface area contributed by atoms with Crippen molar-refractivity contribution >= 4 is 0 Å². The Bertz CT molecular complexity index is 615. The predicted molar refractivity (Wildman–Crippen MR) is 89.6 cm³/mol. The minimum Gasteiger partial charge on any atom is -0.493 e. The summed E-state index contributed by atoms with van der Waals surface area (Å²) in [4.78, 5) is 2.73. The van der Waals surface area contributed by atoms with Crippen LogP contribution in [0.5, 0.6) is 17.2 Å². The van der Waals surface area contributed by atoms with E-state index in [1.54, 1.807) is 21.3 Å². The third-order valence-electron chi connectivity index (χ3n) is 6.34. The first-order valence-electron chi connectivity index (χ1n) is 8.83. The zero-order valence-electron chi connectivity index (χ0n) is 14.5. The van der Waals surface area contributed by atoms with Crippen molar-refractivity contribution in [3.8, 4) is 17.2 Å². The van der Waals surface area contributed by atoms with E-state index in [1.807, 2.05) is 0 Å². The van der Waals surface area contributed by atoms with Gasteiger partial charge in [0, 0.05) is 12.1 Å².